The number of hydrogen-bond donors (Lipinski definition) is 0. The van der Waals surface area contributed by atoms with Crippen LogP contribution in [0.1, 0.15) is 35.2 Å². The van der Waals surface area contributed by atoms with Gasteiger partial charge >= 0.3 is 5.97 Å². The molecule has 0 unspecified atom stereocenters. The third-order valence-corrected chi connectivity index (χ3v) is 3.32. The SMILES string of the molecule is COC(=O)c1cccc(C=CC(=O)N2CCCCC2=O)c1. The van der Waals surface area contributed by atoms with Crippen molar-refractivity contribution in [3.8, 4) is 0 Å². The first-order valence-electron chi connectivity index (χ1n) is 6.82. The molecule has 0 atom stereocenters. The Morgan fingerprint density at radius 1 is 1.29 bits per heavy atom. The predicted molar refractivity (Wildman–Crippen MR) is 77.4 cm³/mol. The van der Waals surface area contributed by atoms with Crippen LogP contribution in [0.2, 0.25) is 0 Å². The Morgan fingerprint density at radius 3 is 2.81 bits per heavy atom. The van der Waals surface area contributed by atoms with Crippen molar-refractivity contribution in [1.29, 1.82) is 0 Å². The van der Waals surface area contributed by atoms with Crippen molar-refractivity contribution >= 4 is 23.9 Å². The van der Waals surface area contributed by atoms with Gasteiger partial charge < -0.3 is 4.74 Å². The number of carbonyl (C=O) groups is 3. The van der Waals surface area contributed by atoms with E-state index in [1.807, 2.05) is 0 Å². The largest absolute Gasteiger partial charge is 0.465 e. The van der Waals surface area contributed by atoms with E-state index in [1.165, 1.54) is 18.1 Å². The van der Waals surface area contributed by atoms with E-state index >= 15 is 0 Å². The van der Waals surface area contributed by atoms with Gasteiger partial charge in [-0.25, -0.2) is 4.79 Å². The van der Waals surface area contributed by atoms with Gasteiger partial charge in [0.25, 0.3) is 5.91 Å². The Hall–Kier alpha value is -2.43. The van der Waals surface area contributed by atoms with Crippen molar-refractivity contribution in [3.63, 3.8) is 0 Å². The Labute approximate surface area is 123 Å². The van der Waals surface area contributed by atoms with Crippen LogP contribution >= 0.6 is 0 Å². The first kappa shape index (κ1) is 15.0. The number of esters is 1. The maximum absolute atomic E-state index is 12.0. The second-order valence-corrected chi connectivity index (χ2v) is 4.79. The first-order chi connectivity index (χ1) is 10.1. The molecular formula is C16H17NO4. The van der Waals surface area contributed by atoms with Crippen molar-refractivity contribution in [1.82, 2.24) is 4.90 Å². The molecule has 0 bridgehead atoms. The fourth-order valence-electron chi connectivity index (χ4n) is 2.18. The number of rotatable bonds is 3. The van der Waals surface area contributed by atoms with E-state index in [9.17, 15) is 14.4 Å². The Balaban J connectivity index is 2.08. The molecule has 1 aromatic rings. The summed E-state index contributed by atoms with van der Waals surface area (Å²) < 4.78 is 4.64. The summed E-state index contributed by atoms with van der Waals surface area (Å²) in [5.74, 6) is -0.870. The van der Waals surface area contributed by atoms with E-state index < -0.39 is 5.97 Å². The van der Waals surface area contributed by atoms with Crippen LogP contribution in [0.5, 0.6) is 0 Å². The molecule has 1 fully saturated rings. The molecule has 0 aromatic heterocycles. The van der Waals surface area contributed by atoms with Crippen LogP contribution in [0.25, 0.3) is 6.08 Å². The van der Waals surface area contributed by atoms with Crippen LogP contribution in [0.3, 0.4) is 0 Å². The standard InChI is InChI=1S/C16H17NO4/c1-21-16(20)13-6-4-5-12(11-13)8-9-15(19)17-10-3-2-7-14(17)18/h4-6,8-9,11H,2-3,7,10H2,1H3. The molecule has 0 aliphatic carbocycles. The maximum atomic E-state index is 12.0. The van der Waals surface area contributed by atoms with E-state index in [1.54, 1.807) is 30.3 Å². The molecule has 21 heavy (non-hydrogen) atoms. The van der Waals surface area contributed by atoms with Crippen LogP contribution in [0.15, 0.2) is 30.3 Å². The topological polar surface area (TPSA) is 63.7 Å². The van der Waals surface area contributed by atoms with Crippen LogP contribution in [-0.4, -0.2) is 36.3 Å². The van der Waals surface area contributed by atoms with Crippen molar-refractivity contribution in [2.45, 2.75) is 19.3 Å². The highest BCUT2D eigenvalue weighted by molar-refractivity contribution is 6.03. The van der Waals surface area contributed by atoms with Gasteiger partial charge in [0.2, 0.25) is 5.91 Å². The summed E-state index contributed by atoms with van der Waals surface area (Å²) in [5.41, 5.74) is 1.12. The number of hydrogen-bond acceptors (Lipinski definition) is 4. The molecule has 5 heteroatoms. The lowest BCUT2D eigenvalue weighted by Crippen LogP contribution is -2.39. The van der Waals surface area contributed by atoms with Gasteiger partial charge in [0.15, 0.2) is 0 Å². The molecule has 110 valence electrons. The fourth-order valence-corrected chi connectivity index (χ4v) is 2.18. The summed E-state index contributed by atoms with van der Waals surface area (Å²) in [7, 11) is 1.32. The quantitative estimate of drug-likeness (QED) is 0.630. The average Bonchev–Trinajstić information content (AvgIpc) is 2.52. The highest BCUT2D eigenvalue weighted by atomic mass is 16.5. The van der Waals surface area contributed by atoms with Crippen molar-refractivity contribution in [2.24, 2.45) is 0 Å². The van der Waals surface area contributed by atoms with E-state index in [0.717, 1.165) is 12.8 Å². The zero-order valence-corrected chi connectivity index (χ0v) is 11.9. The van der Waals surface area contributed by atoms with Gasteiger partial charge in [0.1, 0.15) is 0 Å². The minimum atomic E-state index is -0.428. The zero-order chi connectivity index (χ0) is 15.2. The second-order valence-electron chi connectivity index (χ2n) is 4.79. The first-order valence-corrected chi connectivity index (χ1v) is 6.82. The minimum Gasteiger partial charge on any atom is -0.465 e. The lowest BCUT2D eigenvalue weighted by molar-refractivity contribution is -0.143. The number of piperidine rings is 1. The third kappa shape index (κ3) is 3.78. The van der Waals surface area contributed by atoms with Crippen LogP contribution in [0.4, 0.5) is 0 Å². The number of likely N-dealkylation sites (tertiary alicyclic amines) is 1. The average molecular weight is 287 g/mol. The zero-order valence-electron chi connectivity index (χ0n) is 11.9. The number of methoxy groups -OCH3 is 1. The second kappa shape index (κ2) is 6.83. The van der Waals surface area contributed by atoms with Gasteiger partial charge in [-0.15, -0.1) is 0 Å². The van der Waals surface area contributed by atoms with Crippen molar-refractivity contribution in [3.05, 3.63) is 41.5 Å². The summed E-state index contributed by atoms with van der Waals surface area (Å²) in [6.07, 6.45) is 5.07. The molecule has 2 rings (SSSR count). The number of amides is 2. The van der Waals surface area contributed by atoms with Crippen molar-refractivity contribution in [2.75, 3.05) is 13.7 Å². The normalized spacial score (nSPS) is 15.3. The molecule has 0 saturated carbocycles. The Bertz CT molecular complexity index is 592. The number of imide groups is 1. The predicted octanol–water partition coefficient (Wildman–Crippen LogP) is 2.03. The van der Waals surface area contributed by atoms with Gasteiger partial charge in [-0.1, -0.05) is 12.1 Å². The third-order valence-electron chi connectivity index (χ3n) is 3.32. The monoisotopic (exact) mass is 287 g/mol. The maximum Gasteiger partial charge on any atom is 0.337 e. The van der Waals surface area contributed by atoms with Crippen molar-refractivity contribution < 1.29 is 19.1 Å². The van der Waals surface area contributed by atoms with Gasteiger partial charge in [-0.3, -0.25) is 14.5 Å². The summed E-state index contributed by atoms with van der Waals surface area (Å²) in [5, 5.41) is 0. The molecule has 1 saturated heterocycles. The fraction of sp³-hybridized carbons (Fsp3) is 0.312. The molecule has 1 aliphatic rings. The van der Waals surface area contributed by atoms with Gasteiger partial charge in [0.05, 0.1) is 12.7 Å². The van der Waals surface area contributed by atoms with E-state index in [-0.39, 0.29) is 11.8 Å². The minimum absolute atomic E-state index is 0.126. The molecule has 1 aliphatic heterocycles. The number of ether oxygens (including phenoxy) is 1. The number of carbonyl (C=O) groups excluding carboxylic acids is 3. The smallest absolute Gasteiger partial charge is 0.337 e. The lowest BCUT2D eigenvalue weighted by Gasteiger charge is -2.23. The highest BCUT2D eigenvalue weighted by Gasteiger charge is 2.22. The van der Waals surface area contributed by atoms with Gasteiger partial charge in [0, 0.05) is 19.0 Å². The Morgan fingerprint density at radius 2 is 2.10 bits per heavy atom. The summed E-state index contributed by atoms with van der Waals surface area (Å²) in [6.45, 7) is 0.476. The number of nitrogens with zero attached hydrogens (tertiary/aromatic N) is 1. The summed E-state index contributed by atoms with van der Waals surface area (Å²) in [4.78, 5) is 36.3. The molecule has 1 aromatic carbocycles. The molecule has 0 N–H and O–H groups in total. The lowest BCUT2D eigenvalue weighted by atomic mass is 10.1. The summed E-state index contributed by atoms with van der Waals surface area (Å²) >= 11 is 0. The molecule has 5 nitrogen and oxygen atoms in total. The Kier molecular flexibility index (Phi) is 4.87. The van der Waals surface area contributed by atoms with Crippen LogP contribution < -0.4 is 0 Å². The number of benzene rings is 1. The molecule has 2 amide bonds. The highest BCUT2D eigenvalue weighted by Crippen LogP contribution is 2.12. The molecule has 1 heterocycles. The van der Waals surface area contributed by atoms with Crippen LogP contribution in [-0.2, 0) is 14.3 Å². The molecule has 0 radical (unpaired) electrons. The van der Waals surface area contributed by atoms with E-state index in [2.05, 4.69) is 4.74 Å². The van der Waals surface area contributed by atoms with Crippen LogP contribution in [0, 0.1) is 0 Å². The molecular weight excluding hydrogens is 270 g/mol. The van der Waals surface area contributed by atoms with E-state index in [4.69, 9.17) is 0 Å². The van der Waals surface area contributed by atoms with Gasteiger partial charge in [-0.2, -0.15) is 0 Å². The van der Waals surface area contributed by atoms with E-state index in [0.29, 0.717) is 24.1 Å². The van der Waals surface area contributed by atoms with Gasteiger partial charge in [-0.05, 0) is 36.6 Å². The summed E-state index contributed by atoms with van der Waals surface area (Å²) in [6, 6.07) is 6.75. The molecule has 0 spiro atoms.